The molecule has 0 bridgehead atoms. The third-order valence-corrected chi connectivity index (χ3v) is 3.56. The Bertz CT molecular complexity index is 810. The number of methoxy groups -OCH3 is 2. The molecule has 0 radical (unpaired) electrons. The van der Waals surface area contributed by atoms with Crippen LogP contribution in [0.5, 0.6) is 11.5 Å². The van der Waals surface area contributed by atoms with Crippen LogP contribution in [0.15, 0.2) is 42.5 Å². The second kappa shape index (κ2) is 7.91. The van der Waals surface area contributed by atoms with Crippen LogP contribution in [0.4, 0.5) is 5.69 Å². The molecule has 0 aliphatic rings. The summed E-state index contributed by atoms with van der Waals surface area (Å²) in [7, 11) is 2.98. The van der Waals surface area contributed by atoms with Crippen molar-refractivity contribution in [3.63, 3.8) is 0 Å². The fraction of sp³-hybridized carbons (Fsp3) is 0.300. The van der Waals surface area contributed by atoms with E-state index in [0.717, 1.165) is 0 Å². The molecule has 2 aromatic carbocycles. The van der Waals surface area contributed by atoms with Crippen molar-refractivity contribution in [2.24, 2.45) is 0 Å². The molecule has 2 N–H and O–H groups in total. The van der Waals surface area contributed by atoms with Crippen molar-refractivity contribution in [1.82, 2.24) is 5.32 Å². The van der Waals surface area contributed by atoms with Gasteiger partial charge in [-0.3, -0.25) is 9.59 Å². The summed E-state index contributed by atoms with van der Waals surface area (Å²) in [6, 6.07) is 11.9. The van der Waals surface area contributed by atoms with Crippen molar-refractivity contribution in [3.05, 3.63) is 53.6 Å². The highest BCUT2D eigenvalue weighted by Gasteiger charge is 2.21. The SMILES string of the molecule is COc1cccc(C(=O)Nc2ccccc2C(=O)NC(C)(C)C)c1OC. The average Bonchev–Trinajstić information content (AvgIpc) is 2.59. The fourth-order valence-electron chi connectivity index (χ4n) is 2.45. The molecule has 2 aromatic rings. The lowest BCUT2D eigenvalue weighted by Gasteiger charge is -2.21. The van der Waals surface area contributed by atoms with Gasteiger partial charge in [-0.15, -0.1) is 0 Å². The van der Waals surface area contributed by atoms with E-state index in [4.69, 9.17) is 9.47 Å². The molecule has 0 aliphatic carbocycles. The summed E-state index contributed by atoms with van der Waals surface area (Å²) in [6.45, 7) is 5.69. The molecule has 0 spiro atoms. The Hall–Kier alpha value is -3.02. The topological polar surface area (TPSA) is 76.7 Å². The predicted molar refractivity (Wildman–Crippen MR) is 101 cm³/mol. The van der Waals surface area contributed by atoms with Gasteiger partial charge >= 0.3 is 0 Å². The number of benzene rings is 2. The van der Waals surface area contributed by atoms with Crippen LogP contribution in [0.3, 0.4) is 0 Å². The van der Waals surface area contributed by atoms with Crippen LogP contribution >= 0.6 is 0 Å². The van der Waals surface area contributed by atoms with Gasteiger partial charge in [-0.1, -0.05) is 18.2 Å². The largest absolute Gasteiger partial charge is 0.493 e. The number of hydrogen-bond donors (Lipinski definition) is 2. The molecular formula is C20H24N2O4. The van der Waals surface area contributed by atoms with E-state index in [0.29, 0.717) is 28.3 Å². The van der Waals surface area contributed by atoms with E-state index in [2.05, 4.69) is 10.6 Å². The molecule has 0 fully saturated rings. The maximum absolute atomic E-state index is 12.7. The second-order valence-corrected chi connectivity index (χ2v) is 6.74. The van der Waals surface area contributed by atoms with Crippen LogP contribution in [0.2, 0.25) is 0 Å². The first-order valence-corrected chi connectivity index (χ1v) is 8.20. The van der Waals surface area contributed by atoms with E-state index >= 15 is 0 Å². The lowest BCUT2D eigenvalue weighted by molar-refractivity contribution is 0.0920. The van der Waals surface area contributed by atoms with E-state index in [1.807, 2.05) is 20.8 Å². The standard InChI is InChI=1S/C20H24N2O4/c1-20(2,3)22-19(24)13-9-6-7-11-15(13)21-18(23)14-10-8-12-16(25-4)17(14)26-5/h6-12H,1-5H3,(H,21,23)(H,22,24). The highest BCUT2D eigenvalue weighted by Crippen LogP contribution is 2.31. The van der Waals surface area contributed by atoms with Crippen LogP contribution in [-0.2, 0) is 0 Å². The number of carbonyl (C=O) groups is 2. The van der Waals surface area contributed by atoms with Crippen LogP contribution in [0, 0.1) is 0 Å². The highest BCUT2D eigenvalue weighted by molar-refractivity contribution is 6.10. The molecule has 138 valence electrons. The first-order valence-electron chi connectivity index (χ1n) is 8.20. The first-order chi connectivity index (χ1) is 12.3. The molecule has 6 nitrogen and oxygen atoms in total. The van der Waals surface area contributed by atoms with Gasteiger partial charge in [0, 0.05) is 5.54 Å². The van der Waals surface area contributed by atoms with Gasteiger partial charge in [0.2, 0.25) is 0 Å². The number of carbonyl (C=O) groups excluding carboxylic acids is 2. The number of hydrogen-bond acceptors (Lipinski definition) is 4. The van der Waals surface area contributed by atoms with Crippen molar-refractivity contribution in [2.45, 2.75) is 26.3 Å². The summed E-state index contributed by atoms with van der Waals surface area (Å²) in [5.74, 6) is 0.144. The number of amides is 2. The summed E-state index contributed by atoms with van der Waals surface area (Å²) in [5, 5.41) is 5.68. The molecule has 6 heteroatoms. The Morgan fingerprint density at radius 1 is 0.846 bits per heavy atom. The lowest BCUT2D eigenvalue weighted by atomic mass is 10.1. The van der Waals surface area contributed by atoms with E-state index in [9.17, 15) is 9.59 Å². The molecule has 2 amide bonds. The summed E-state index contributed by atoms with van der Waals surface area (Å²) < 4.78 is 10.5. The zero-order valence-electron chi connectivity index (χ0n) is 15.7. The summed E-state index contributed by atoms with van der Waals surface area (Å²) in [5.41, 5.74) is 0.740. The molecular weight excluding hydrogens is 332 g/mol. The zero-order chi connectivity index (χ0) is 19.3. The smallest absolute Gasteiger partial charge is 0.259 e. The molecule has 0 heterocycles. The number of rotatable bonds is 5. The van der Waals surface area contributed by atoms with Crippen molar-refractivity contribution in [3.8, 4) is 11.5 Å². The summed E-state index contributed by atoms with van der Waals surface area (Å²) in [6.07, 6.45) is 0. The third-order valence-electron chi connectivity index (χ3n) is 3.56. The minimum absolute atomic E-state index is 0.258. The second-order valence-electron chi connectivity index (χ2n) is 6.74. The Balaban J connectivity index is 2.33. The predicted octanol–water partition coefficient (Wildman–Crippen LogP) is 3.48. The van der Waals surface area contributed by atoms with E-state index in [1.165, 1.54) is 14.2 Å². The highest BCUT2D eigenvalue weighted by atomic mass is 16.5. The Morgan fingerprint density at radius 2 is 1.50 bits per heavy atom. The van der Waals surface area contributed by atoms with Crippen LogP contribution in [0.25, 0.3) is 0 Å². The lowest BCUT2D eigenvalue weighted by Crippen LogP contribution is -2.40. The minimum atomic E-state index is -0.392. The van der Waals surface area contributed by atoms with Crippen LogP contribution in [-0.4, -0.2) is 31.6 Å². The maximum Gasteiger partial charge on any atom is 0.259 e. The Morgan fingerprint density at radius 3 is 2.12 bits per heavy atom. The maximum atomic E-state index is 12.7. The number of anilines is 1. The van der Waals surface area contributed by atoms with Crippen molar-refractivity contribution in [1.29, 1.82) is 0 Å². The third kappa shape index (κ3) is 4.53. The van der Waals surface area contributed by atoms with Gasteiger partial charge in [-0.2, -0.15) is 0 Å². The van der Waals surface area contributed by atoms with E-state index in [-0.39, 0.29) is 11.4 Å². The van der Waals surface area contributed by atoms with E-state index < -0.39 is 5.91 Å². The molecule has 0 atom stereocenters. The number of nitrogens with one attached hydrogen (secondary N) is 2. The van der Waals surface area contributed by atoms with Gasteiger partial charge in [0.15, 0.2) is 11.5 Å². The first kappa shape index (κ1) is 19.3. The molecule has 2 rings (SSSR count). The van der Waals surface area contributed by atoms with Gasteiger partial charge in [0.25, 0.3) is 11.8 Å². The van der Waals surface area contributed by atoms with Gasteiger partial charge in [0.05, 0.1) is 31.0 Å². The summed E-state index contributed by atoms with van der Waals surface area (Å²) >= 11 is 0. The van der Waals surface area contributed by atoms with Gasteiger partial charge in [-0.25, -0.2) is 0 Å². The monoisotopic (exact) mass is 356 g/mol. The molecule has 0 saturated heterocycles. The number of ether oxygens (including phenoxy) is 2. The average molecular weight is 356 g/mol. The zero-order valence-corrected chi connectivity index (χ0v) is 15.7. The minimum Gasteiger partial charge on any atom is -0.493 e. The van der Waals surface area contributed by atoms with Crippen LogP contribution in [0.1, 0.15) is 41.5 Å². The Labute approximate surface area is 153 Å². The van der Waals surface area contributed by atoms with Gasteiger partial charge in [0.1, 0.15) is 0 Å². The quantitative estimate of drug-likeness (QED) is 0.860. The van der Waals surface area contributed by atoms with Gasteiger partial charge in [-0.05, 0) is 45.0 Å². The van der Waals surface area contributed by atoms with Crippen molar-refractivity contribution >= 4 is 17.5 Å². The van der Waals surface area contributed by atoms with Crippen molar-refractivity contribution < 1.29 is 19.1 Å². The molecule has 0 unspecified atom stereocenters. The van der Waals surface area contributed by atoms with E-state index in [1.54, 1.807) is 42.5 Å². The molecule has 0 aromatic heterocycles. The molecule has 0 saturated carbocycles. The van der Waals surface area contributed by atoms with Crippen molar-refractivity contribution in [2.75, 3.05) is 19.5 Å². The van der Waals surface area contributed by atoms with Crippen LogP contribution < -0.4 is 20.1 Å². The Kier molecular flexibility index (Phi) is 5.87. The van der Waals surface area contributed by atoms with Gasteiger partial charge < -0.3 is 20.1 Å². The fourth-order valence-corrected chi connectivity index (χ4v) is 2.45. The molecule has 26 heavy (non-hydrogen) atoms. The number of para-hydroxylation sites is 2. The normalized spacial score (nSPS) is 10.8. The summed E-state index contributed by atoms with van der Waals surface area (Å²) in [4.78, 5) is 25.3. The molecule has 0 aliphatic heterocycles.